The van der Waals surface area contributed by atoms with E-state index in [-0.39, 0.29) is 30.2 Å². The number of nitrogens with one attached hydrogen (secondary N) is 1. The van der Waals surface area contributed by atoms with E-state index in [1.54, 1.807) is 11.0 Å². The number of benzene rings is 1. The van der Waals surface area contributed by atoms with Crippen LogP contribution in [0.15, 0.2) is 28.8 Å². The highest BCUT2D eigenvalue weighted by Crippen LogP contribution is 2.26. The molecule has 2 heterocycles. The van der Waals surface area contributed by atoms with Crippen molar-refractivity contribution >= 4 is 11.8 Å². The number of amides is 2. The summed E-state index contributed by atoms with van der Waals surface area (Å²) < 4.78 is 11.1. The van der Waals surface area contributed by atoms with E-state index in [9.17, 15) is 9.59 Å². The second-order valence-electron chi connectivity index (χ2n) is 7.54. The zero-order valence-corrected chi connectivity index (χ0v) is 16.1. The summed E-state index contributed by atoms with van der Waals surface area (Å²) in [5.41, 5.74) is 3.04. The molecular formula is C21H25N3O4. The molecule has 28 heavy (non-hydrogen) atoms. The van der Waals surface area contributed by atoms with Gasteiger partial charge in [-0.25, -0.2) is 0 Å². The Morgan fingerprint density at radius 1 is 1.25 bits per heavy atom. The minimum absolute atomic E-state index is 0.000152. The number of fused-ring (bicyclic) bond motifs is 1. The molecule has 0 bridgehead atoms. The van der Waals surface area contributed by atoms with Gasteiger partial charge >= 0.3 is 0 Å². The molecule has 1 aliphatic heterocycles. The van der Waals surface area contributed by atoms with Crippen molar-refractivity contribution in [2.45, 2.75) is 51.7 Å². The molecule has 2 amide bonds. The number of aromatic nitrogens is 1. The number of carbonyl (C=O) groups excluding carboxylic acids is 2. The van der Waals surface area contributed by atoms with Crippen molar-refractivity contribution in [1.29, 1.82) is 0 Å². The minimum Gasteiger partial charge on any atom is -0.486 e. The van der Waals surface area contributed by atoms with Gasteiger partial charge in [0.25, 0.3) is 5.91 Å². The lowest BCUT2D eigenvalue weighted by molar-refractivity contribution is -0.119. The Hall–Kier alpha value is -2.83. The maximum atomic E-state index is 12.6. The number of ether oxygens (including phenoxy) is 1. The highest BCUT2D eigenvalue weighted by molar-refractivity contribution is 5.92. The van der Waals surface area contributed by atoms with E-state index in [1.165, 1.54) is 30.9 Å². The Bertz CT molecular complexity index is 876. The van der Waals surface area contributed by atoms with Crippen LogP contribution in [-0.2, 0) is 24.2 Å². The predicted molar refractivity (Wildman–Crippen MR) is 102 cm³/mol. The topological polar surface area (TPSA) is 84.7 Å². The molecule has 7 heteroatoms. The monoisotopic (exact) mass is 383 g/mol. The van der Waals surface area contributed by atoms with Gasteiger partial charge in [-0.1, -0.05) is 11.2 Å². The third-order valence-corrected chi connectivity index (χ3v) is 5.36. The van der Waals surface area contributed by atoms with Crippen molar-refractivity contribution in [3.63, 3.8) is 0 Å². The van der Waals surface area contributed by atoms with Crippen molar-refractivity contribution in [3.8, 4) is 5.75 Å². The molecule has 4 rings (SSSR count). The molecule has 1 aliphatic carbocycles. The smallest absolute Gasteiger partial charge is 0.276 e. The molecule has 1 N–H and O–H groups in total. The van der Waals surface area contributed by atoms with E-state index in [0.29, 0.717) is 18.8 Å². The van der Waals surface area contributed by atoms with Crippen LogP contribution in [0.25, 0.3) is 0 Å². The van der Waals surface area contributed by atoms with Crippen LogP contribution in [0, 0.1) is 0 Å². The lowest BCUT2D eigenvalue weighted by Gasteiger charge is -2.16. The molecule has 1 unspecified atom stereocenters. The highest BCUT2D eigenvalue weighted by atomic mass is 16.5. The Balaban J connectivity index is 1.33. The van der Waals surface area contributed by atoms with Crippen LogP contribution in [0.1, 0.15) is 53.6 Å². The van der Waals surface area contributed by atoms with E-state index in [0.717, 1.165) is 25.0 Å². The average molecular weight is 383 g/mol. The van der Waals surface area contributed by atoms with Gasteiger partial charge in [-0.3, -0.25) is 9.59 Å². The standard InChI is InChI=1S/C21H25N3O4/c1-14(25)22-17-8-9-24(12-17)21(26)20-11-19(28-23-20)13-27-18-7-6-15-4-2-3-5-16(15)10-18/h6-7,10-11,17H,2-5,8-9,12-13H2,1H3,(H,22,25). The molecule has 1 atom stereocenters. The van der Waals surface area contributed by atoms with Crippen molar-refractivity contribution in [1.82, 2.24) is 15.4 Å². The first kappa shape index (κ1) is 18.5. The normalized spacial score (nSPS) is 18.6. The van der Waals surface area contributed by atoms with Crippen molar-refractivity contribution in [2.75, 3.05) is 13.1 Å². The average Bonchev–Trinajstić information content (AvgIpc) is 3.35. The van der Waals surface area contributed by atoms with Gasteiger partial charge in [0.1, 0.15) is 12.4 Å². The van der Waals surface area contributed by atoms with Gasteiger partial charge in [-0.05, 0) is 55.4 Å². The summed E-state index contributed by atoms with van der Waals surface area (Å²) >= 11 is 0. The first-order valence-electron chi connectivity index (χ1n) is 9.85. The van der Waals surface area contributed by atoms with Crippen LogP contribution < -0.4 is 10.1 Å². The van der Waals surface area contributed by atoms with Gasteiger partial charge < -0.3 is 19.5 Å². The summed E-state index contributed by atoms with van der Waals surface area (Å²) in [6.45, 7) is 2.80. The summed E-state index contributed by atoms with van der Waals surface area (Å²) in [5.74, 6) is 1.06. The molecule has 2 aromatic rings. The number of likely N-dealkylation sites (tertiary alicyclic amines) is 1. The molecule has 1 fully saturated rings. The van der Waals surface area contributed by atoms with Crippen LogP contribution in [-0.4, -0.2) is 41.0 Å². The van der Waals surface area contributed by atoms with Crippen LogP contribution in [0.3, 0.4) is 0 Å². The zero-order chi connectivity index (χ0) is 19.5. The molecule has 1 saturated heterocycles. The van der Waals surface area contributed by atoms with E-state index < -0.39 is 0 Å². The lowest BCUT2D eigenvalue weighted by Crippen LogP contribution is -2.37. The third kappa shape index (κ3) is 4.18. The maximum absolute atomic E-state index is 12.6. The molecule has 0 radical (unpaired) electrons. The number of hydrogen-bond donors (Lipinski definition) is 1. The zero-order valence-electron chi connectivity index (χ0n) is 16.1. The Labute approximate surface area is 164 Å². The van der Waals surface area contributed by atoms with Gasteiger partial charge in [0.05, 0.1) is 0 Å². The van der Waals surface area contributed by atoms with Crippen molar-refractivity contribution in [2.24, 2.45) is 0 Å². The van der Waals surface area contributed by atoms with Gasteiger partial charge in [-0.2, -0.15) is 0 Å². The highest BCUT2D eigenvalue weighted by Gasteiger charge is 2.29. The fourth-order valence-electron chi connectivity index (χ4n) is 3.95. The van der Waals surface area contributed by atoms with Gasteiger partial charge in [0.15, 0.2) is 11.5 Å². The number of hydrogen-bond acceptors (Lipinski definition) is 5. The minimum atomic E-state index is -0.184. The fraction of sp³-hybridized carbons (Fsp3) is 0.476. The number of nitrogens with zero attached hydrogens (tertiary/aromatic N) is 2. The van der Waals surface area contributed by atoms with E-state index in [2.05, 4.69) is 22.6 Å². The first-order chi connectivity index (χ1) is 13.6. The van der Waals surface area contributed by atoms with Crippen LogP contribution in [0.4, 0.5) is 0 Å². The number of carbonyl (C=O) groups is 2. The molecule has 148 valence electrons. The summed E-state index contributed by atoms with van der Waals surface area (Å²) in [6, 6.07) is 7.85. The van der Waals surface area contributed by atoms with E-state index in [4.69, 9.17) is 9.26 Å². The van der Waals surface area contributed by atoms with Crippen molar-refractivity contribution < 1.29 is 18.8 Å². The quantitative estimate of drug-likeness (QED) is 0.857. The summed E-state index contributed by atoms with van der Waals surface area (Å²) in [7, 11) is 0. The van der Waals surface area contributed by atoms with Crippen molar-refractivity contribution in [3.05, 3.63) is 46.8 Å². The predicted octanol–water partition coefficient (Wildman–Crippen LogP) is 2.48. The Kier molecular flexibility index (Phi) is 5.32. The molecule has 0 spiro atoms. The van der Waals surface area contributed by atoms with Gasteiger partial charge in [0, 0.05) is 32.1 Å². The molecule has 1 aromatic carbocycles. The fourth-order valence-corrected chi connectivity index (χ4v) is 3.95. The molecule has 0 saturated carbocycles. The second kappa shape index (κ2) is 8.04. The Morgan fingerprint density at radius 2 is 2.07 bits per heavy atom. The van der Waals surface area contributed by atoms with Crippen LogP contribution in [0.5, 0.6) is 5.75 Å². The molecule has 2 aliphatic rings. The SMILES string of the molecule is CC(=O)NC1CCN(C(=O)c2cc(COc3ccc4c(c3)CCCC4)on2)C1. The molecular weight excluding hydrogens is 358 g/mol. The molecule has 7 nitrogen and oxygen atoms in total. The summed E-state index contributed by atoms with van der Waals surface area (Å²) in [4.78, 5) is 25.4. The van der Waals surface area contributed by atoms with Gasteiger partial charge in [0.2, 0.25) is 5.91 Å². The third-order valence-electron chi connectivity index (χ3n) is 5.36. The lowest BCUT2D eigenvalue weighted by atomic mass is 9.92. The largest absolute Gasteiger partial charge is 0.486 e. The number of rotatable bonds is 5. The van der Waals surface area contributed by atoms with Crippen LogP contribution in [0.2, 0.25) is 0 Å². The van der Waals surface area contributed by atoms with Gasteiger partial charge in [-0.15, -0.1) is 0 Å². The van der Waals surface area contributed by atoms with E-state index in [1.807, 2.05) is 6.07 Å². The van der Waals surface area contributed by atoms with E-state index >= 15 is 0 Å². The Morgan fingerprint density at radius 3 is 2.89 bits per heavy atom. The maximum Gasteiger partial charge on any atom is 0.276 e. The number of aryl methyl sites for hydroxylation is 2. The second-order valence-corrected chi connectivity index (χ2v) is 7.54. The van der Waals surface area contributed by atoms with Crippen LogP contribution >= 0.6 is 0 Å². The summed E-state index contributed by atoms with van der Waals surface area (Å²) in [5, 5.41) is 6.74. The first-order valence-corrected chi connectivity index (χ1v) is 9.85. The molecule has 1 aromatic heterocycles. The summed E-state index contributed by atoms with van der Waals surface area (Å²) in [6.07, 6.45) is 5.47.